The van der Waals surface area contributed by atoms with Gasteiger partial charge < -0.3 is 4.90 Å². The van der Waals surface area contributed by atoms with Gasteiger partial charge in [-0.05, 0) is 17.7 Å². The lowest BCUT2D eigenvalue weighted by atomic mass is 10.2. The Bertz CT molecular complexity index is 391. The van der Waals surface area contributed by atoms with E-state index in [1.54, 1.807) is 11.9 Å². The van der Waals surface area contributed by atoms with Gasteiger partial charge in [0.25, 0.3) is 0 Å². The van der Waals surface area contributed by atoms with Gasteiger partial charge in [-0.3, -0.25) is 4.79 Å². The second kappa shape index (κ2) is 6.34. The molecule has 0 saturated carbocycles. The van der Waals surface area contributed by atoms with Crippen LogP contribution in [-0.2, 0) is 11.3 Å². The molecule has 0 radical (unpaired) electrons. The average molecular weight is 280 g/mol. The third-order valence-electron chi connectivity index (χ3n) is 2.24. The Morgan fingerprint density at radius 3 is 2.62 bits per heavy atom. The van der Waals surface area contributed by atoms with Crippen LogP contribution in [0.15, 0.2) is 28.7 Å². The van der Waals surface area contributed by atoms with Gasteiger partial charge in [0.15, 0.2) is 0 Å². The average Bonchev–Trinajstić information content (AvgIpc) is 2.29. The van der Waals surface area contributed by atoms with E-state index in [2.05, 4.69) is 21.9 Å². The summed E-state index contributed by atoms with van der Waals surface area (Å²) in [4.78, 5) is 13.3. The van der Waals surface area contributed by atoms with Crippen LogP contribution in [0.1, 0.15) is 18.4 Å². The molecule has 16 heavy (non-hydrogen) atoms. The van der Waals surface area contributed by atoms with Crippen molar-refractivity contribution in [3.8, 4) is 12.3 Å². The molecule has 1 rings (SSSR count). The van der Waals surface area contributed by atoms with Crippen molar-refractivity contribution < 1.29 is 4.79 Å². The first-order chi connectivity index (χ1) is 7.63. The standard InChI is InChI=1S/C13H14BrNO/c1-3-4-5-13(16)15(2)10-11-6-8-12(14)9-7-11/h1,6-9H,4-5,10H2,2H3. The third-order valence-corrected chi connectivity index (χ3v) is 2.77. The van der Waals surface area contributed by atoms with Crippen LogP contribution >= 0.6 is 15.9 Å². The summed E-state index contributed by atoms with van der Waals surface area (Å²) in [5, 5.41) is 0. The molecule has 0 aromatic heterocycles. The molecule has 0 bridgehead atoms. The third kappa shape index (κ3) is 4.08. The van der Waals surface area contributed by atoms with E-state index in [-0.39, 0.29) is 5.91 Å². The quantitative estimate of drug-likeness (QED) is 0.777. The monoisotopic (exact) mass is 279 g/mol. The second-order valence-corrected chi connectivity index (χ2v) is 4.50. The van der Waals surface area contributed by atoms with Crippen molar-refractivity contribution in [3.63, 3.8) is 0 Å². The van der Waals surface area contributed by atoms with Crippen molar-refractivity contribution >= 4 is 21.8 Å². The SMILES string of the molecule is C#CCCC(=O)N(C)Cc1ccc(Br)cc1. The lowest BCUT2D eigenvalue weighted by molar-refractivity contribution is -0.130. The molecule has 0 fully saturated rings. The van der Waals surface area contributed by atoms with Crippen LogP contribution in [0.25, 0.3) is 0 Å². The topological polar surface area (TPSA) is 20.3 Å². The first kappa shape index (κ1) is 12.8. The van der Waals surface area contributed by atoms with Gasteiger partial charge in [-0.25, -0.2) is 0 Å². The van der Waals surface area contributed by atoms with Gasteiger partial charge in [-0.2, -0.15) is 0 Å². The molecule has 0 heterocycles. The van der Waals surface area contributed by atoms with Crippen LogP contribution in [0.3, 0.4) is 0 Å². The summed E-state index contributed by atoms with van der Waals surface area (Å²) in [7, 11) is 1.79. The number of nitrogens with zero attached hydrogens (tertiary/aromatic N) is 1. The number of rotatable bonds is 4. The Balaban J connectivity index is 2.51. The zero-order valence-electron chi connectivity index (χ0n) is 9.24. The zero-order valence-corrected chi connectivity index (χ0v) is 10.8. The molecular weight excluding hydrogens is 266 g/mol. The Hall–Kier alpha value is -1.27. The lowest BCUT2D eigenvalue weighted by Crippen LogP contribution is -2.25. The summed E-state index contributed by atoms with van der Waals surface area (Å²) >= 11 is 3.37. The zero-order chi connectivity index (χ0) is 12.0. The van der Waals surface area contributed by atoms with Gasteiger partial charge in [0.2, 0.25) is 5.91 Å². The second-order valence-electron chi connectivity index (χ2n) is 3.58. The normalized spacial score (nSPS) is 9.56. The summed E-state index contributed by atoms with van der Waals surface area (Å²) in [6, 6.07) is 7.92. The summed E-state index contributed by atoms with van der Waals surface area (Å²) in [6.07, 6.45) is 6.04. The first-order valence-electron chi connectivity index (χ1n) is 5.05. The highest BCUT2D eigenvalue weighted by Gasteiger charge is 2.07. The molecule has 0 aliphatic carbocycles. The van der Waals surface area contributed by atoms with Crippen molar-refractivity contribution in [3.05, 3.63) is 34.3 Å². The Kier molecular flexibility index (Phi) is 5.07. The van der Waals surface area contributed by atoms with Gasteiger partial charge in [0.1, 0.15) is 0 Å². The van der Waals surface area contributed by atoms with Crippen LogP contribution in [0.5, 0.6) is 0 Å². The van der Waals surface area contributed by atoms with E-state index in [1.165, 1.54) is 0 Å². The number of carbonyl (C=O) groups is 1. The van der Waals surface area contributed by atoms with E-state index in [4.69, 9.17) is 6.42 Å². The number of benzene rings is 1. The van der Waals surface area contributed by atoms with Gasteiger partial charge in [-0.1, -0.05) is 28.1 Å². The lowest BCUT2D eigenvalue weighted by Gasteiger charge is -2.16. The fraction of sp³-hybridized carbons (Fsp3) is 0.308. The molecule has 2 nitrogen and oxygen atoms in total. The number of amides is 1. The fourth-order valence-corrected chi connectivity index (χ4v) is 1.59. The number of hydrogen-bond donors (Lipinski definition) is 0. The minimum absolute atomic E-state index is 0.0841. The Morgan fingerprint density at radius 1 is 1.44 bits per heavy atom. The molecule has 0 N–H and O–H groups in total. The number of terminal acetylenes is 1. The van der Waals surface area contributed by atoms with Crippen molar-refractivity contribution in [2.45, 2.75) is 19.4 Å². The maximum Gasteiger partial charge on any atom is 0.223 e. The first-order valence-corrected chi connectivity index (χ1v) is 5.84. The largest absolute Gasteiger partial charge is 0.341 e. The van der Waals surface area contributed by atoms with Crippen LogP contribution in [0, 0.1) is 12.3 Å². The van der Waals surface area contributed by atoms with Crippen LogP contribution in [-0.4, -0.2) is 17.9 Å². The number of halogens is 1. The molecule has 1 aromatic rings. The Morgan fingerprint density at radius 2 is 2.06 bits per heavy atom. The van der Waals surface area contributed by atoms with E-state index in [1.807, 2.05) is 24.3 Å². The van der Waals surface area contributed by atoms with Crippen LogP contribution in [0.4, 0.5) is 0 Å². The minimum Gasteiger partial charge on any atom is -0.341 e. The molecule has 0 unspecified atom stereocenters. The predicted octanol–water partition coefficient (Wildman–Crippen LogP) is 2.82. The Labute approximate surface area is 105 Å². The molecular formula is C13H14BrNO. The molecule has 0 saturated heterocycles. The number of hydrogen-bond acceptors (Lipinski definition) is 1. The summed E-state index contributed by atoms with van der Waals surface area (Å²) < 4.78 is 1.04. The van der Waals surface area contributed by atoms with Crippen molar-refractivity contribution in [1.29, 1.82) is 0 Å². The molecule has 0 spiro atoms. The summed E-state index contributed by atoms with van der Waals surface area (Å²) in [6.45, 7) is 0.622. The van der Waals surface area contributed by atoms with Crippen molar-refractivity contribution in [1.82, 2.24) is 4.90 Å². The molecule has 1 amide bonds. The highest BCUT2D eigenvalue weighted by atomic mass is 79.9. The fourth-order valence-electron chi connectivity index (χ4n) is 1.32. The van der Waals surface area contributed by atoms with E-state index >= 15 is 0 Å². The smallest absolute Gasteiger partial charge is 0.223 e. The maximum atomic E-state index is 11.6. The van der Waals surface area contributed by atoms with Crippen molar-refractivity contribution in [2.24, 2.45) is 0 Å². The highest BCUT2D eigenvalue weighted by molar-refractivity contribution is 9.10. The van der Waals surface area contributed by atoms with Crippen molar-refractivity contribution in [2.75, 3.05) is 7.05 Å². The van der Waals surface area contributed by atoms with E-state index in [9.17, 15) is 4.79 Å². The van der Waals surface area contributed by atoms with Crippen LogP contribution < -0.4 is 0 Å². The van der Waals surface area contributed by atoms with Gasteiger partial charge >= 0.3 is 0 Å². The minimum atomic E-state index is 0.0841. The van der Waals surface area contributed by atoms with E-state index < -0.39 is 0 Å². The molecule has 0 aliphatic rings. The highest BCUT2D eigenvalue weighted by Crippen LogP contribution is 2.12. The summed E-state index contributed by atoms with van der Waals surface area (Å²) in [5.41, 5.74) is 1.11. The van der Waals surface area contributed by atoms with E-state index in [0.29, 0.717) is 19.4 Å². The summed E-state index contributed by atoms with van der Waals surface area (Å²) in [5.74, 6) is 2.56. The molecule has 1 aromatic carbocycles. The predicted molar refractivity (Wildman–Crippen MR) is 68.7 cm³/mol. The van der Waals surface area contributed by atoms with Crippen LogP contribution in [0.2, 0.25) is 0 Å². The maximum absolute atomic E-state index is 11.6. The van der Waals surface area contributed by atoms with E-state index in [0.717, 1.165) is 10.0 Å². The van der Waals surface area contributed by atoms with Gasteiger partial charge in [-0.15, -0.1) is 12.3 Å². The number of carbonyl (C=O) groups excluding carboxylic acids is 1. The molecule has 3 heteroatoms. The van der Waals surface area contributed by atoms with Gasteiger partial charge in [0.05, 0.1) is 0 Å². The van der Waals surface area contributed by atoms with Gasteiger partial charge in [0, 0.05) is 30.9 Å². The molecule has 84 valence electrons. The molecule has 0 aliphatic heterocycles. The molecule has 0 atom stereocenters.